The smallest absolute Gasteiger partial charge is 0.249 e. The van der Waals surface area contributed by atoms with Crippen LogP contribution in [0.25, 0.3) is 0 Å². The van der Waals surface area contributed by atoms with Crippen molar-refractivity contribution >= 4 is 5.91 Å². The summed E-state index contributed by atoms with van der Waals surface area (Å²) in [4.78, 5) is 15.6. The molecule has 0 spiro atoms. The minimum absolute atomic E-state index is 0.123. The number of nitrogens with zero attached hydrogens (tertiary/aromatic N) is 1. The number of hydrogen-bond acceptors (Lipinski definition) is 4. The molecule has 5 heteroatoms. The number of ether oxygens (including phenoxy) is 2. The van der Waals surface area contributed by atoms with Crippen LogP contribution >= 0.6 is 0 Å². The molecule has 0 bridgehead atoms. The van der Waals surface area contributed by atoms with Gasteiger partial charge < -0.3 is 14.8 Å². The van der Waals surface area contributed by atoms with Crippen LogP contribution in [0.3, 0.4) is 0 Å². The SMILES string of the molecule is CCO[C@@H](C)C(=O)NCc1ccc(OC)nc1. The number of hydrogen-bond donors (Lipinski definition) is 1. The first-order valence-corrected chi connectivity index (χ1v) is 5.55. The molecule has 0 saturated heterocycles. The minimum atomic E-state index is -0.425. The number of pyridine rings is 1. The van der Waals surface area contributed by atoms with Gasteiger partial charge in [-0.2, -0.15) is 0 Å². The van der Waals surface area contributed by atoms with Gasteiger partial charge in [-0.1, -0.05) is 6.07 Å². The zero-order valence-electron chi connectivity index (χ0n) is 10.4. The molecule has 1 heterocycles. The summed E-state index contributed by atoms with van der Waals surface area (Å²) in [6, 6.07) is 3.62. The van der Waals surface area contributed by atoms with E-state index in [1.807, 2.05) is 13.0 Å². The number of amides is 1. The maximum Gasteiger partial charge on any atom is 0.249 e. The lowest BCUT2D eigenvalue weighted by Gasteiger charge is -2.11. The van der Waals surface area contributed by atoms with Crippen molar-refractivity contribution in [3.8, 4) is 5.88 Å². The quantitative estimate of drug-likeness (QED) is 0.807. The fourth-order valence-electron chi connectivity index (χ4n) is 1.29. The lowest BCUT2D eigenvalue weighted by molar-refractivity contribution is -0.131. The maximum absolute atomic E-state index is 11.5. The molecule has 0 aliphatic rings. The van der Waals surface area contributed by atoms with Crippen LogP contribution in [0, 0.1) is 0 Å². The zero-order valence-corrected chi connectivity index (χ0v) is 10.4. The van der Waals surface area contributed by atoms with E-state index >= 15 is 0 Å². The third kappa shape index (κ3) is 4.40. The number of rotatable bonds is 6. The predicted octanol–water partition coefficient (Wildman–Crippen LogP) is 1.13. The summed E-state index contributed by atoms with van der Waals surface area (Å²) in [6.07, 6.45) is 1.25. The van der Waals surface area contributed by atoms with Gasteiger partial charge in [-0.05, 0) is 19.4 Å². The Morgan fingerprint density at radius 1 is 1.53 bits per heavy atom. The lowest BCUT2D eigenvalue weighted by Crippen LogP contribution is -2.34. The van der Waals surface area contributed by atoms with Crippen LogP contribution < -0.4 is 10.1 Å². The molecule has 0 unspecified atom stereocenters. The van der Waals surface area contributed by atoms with Crippen LogP contribution in [0.2, 0.25) is 0 Å². The van der Waals surface area contributed by atoms with E-state index in [4.69, 9.17) is 9.47 Å². The van der Waals surface area contributed by atoms with Crippen molar-refractivity contribution in [3.63, 3.8) is 0 Å². The molecule has 94 valence electrons. The zero-order chi connectivity index (χ0) is 12.7. The lowest BCUT2D eigenvalue weighted by atomic mass is 10.2. The Bertz CT molecular complexity index is 351. The number of aromatic nitrogens is 1. The average molecular weight is 238 g/mol. The number of nitrogens with one attached hydrogen (secondary N) is 1. The summed E-state index contributed by atoms with van der Waals surface area (Å²) in [5, 5.41) is 2.78. The third-order valence-electron chi connectivity index (χ3n) is 2.26. The van der Waals surface area contributed by atoms with Gasteiger partial charge in [0.1, 0.15) is 6.10 Å². The summed E-state index contributed by atoms with van der Waals surface area (Å²) < 4.78 is 10.1. The van der Waals surface area contributed by atoms with E-state index in [0.717, 1.165) is 5.56 Å². The highest BCUT2D eigenvalue weighted by Crippen LogP contribution is 2.06. The van der Waals surface area contributed by atoms with Gasteiger partial charge in [-0.3, -0.25) is 4.79 Å². The highest BCUT2D eigenvalue weighted by atomic mass is 16.5. The van der Waals surface area contributed by atoms with E-state index in [2.05, 4.69) is 10.3 Å². The van der Waals surface area contributed by atoms with Gasteiger partial charge in [-0.15, -0.1) is 0 Å². The van der Waals surface area contributed by atoms with E-state index in [0.29, 0.717) is 19.0 Å². The summed E-state index contributed by atoms with van der Waals surface area (Å²) in [5.41, 5.74) is 0.919. The van der Waals surface area contributed by atoms with Crippen molar-refractivity contribution in [2.24, 2.45) is 0 Å². The van der Waals surface area contributed by atoms with Gasteiger partial charge in [0, 0.05) is 25.4 Å². The first-order chi connectivity index (χ1) is 8.17. The molecule has 1 atom stereocenters. The highest BCUT2D eigenvalue weighted by molar-refractivity contribution is 5.80. The van der Waals surface area contributed by atoms with E-state index in [1.165, 1.54) is 0 Å². The second-order valence-electron chi connectivity index (χ2n) is 3.52. The highest BCUT2D eigenvalue weighted by Gasteiger charge is 2.11. The number of carbonyl (C=O) groups is 1. The Morgan fingerprint density at radius 3 is 2.82 bits per heavy atom. The van der Waals surface area contributed by atoms with E-state index in [9.17, 15) is 4.79 Å². The predicted molar refractivity (Wildman–Crippen MR) is 63.7 cm³/mol. The molecule has 0 radical (unpaired) electrons. The fraction of sp³-hybridized carbons (Fsp3) is 0.500. The summed E-state index contributed by atoms with van der Waals surface area (Å²) in [5.74, 6) is 0.436. The second-order valence-corrected chi connectivity index (χ2v) is 3.52. The Hall–Kier alpha value is -1.62. The molecule has 1 N–H and O–H groups in total. The van der Waals surface area contributed by atoms with Crippen molar-refractivity contribution in [2.45, 2.75) is 26.5 Å². The molecule has 0 aromatic carbocycles. The van der Waals surface area contributed by atoms with Gasteiger partial charge in [0.25, 0.3) is 0 Å². The van der Waals surface area contributed by atoms with Gasteiger partial charge in [0.15, 0.2) is 0 Å². The fourth-order valence-corrected chi connectivity index (χ4v) is 1.29. The first kappa shape index (κ1) is 13.4. The number of carbonyl (C=O) groups excluding carboxylic acids is 1. The van der Waals surface area contributed by atoms with Gasteiger partial charge in [0.05, 0.1) is 7.11 Å². The Labute approximate surface area is 101 Å². The molecule has 1 aromatic rings. The van der Waals surface area contributed by atoms with Gasteiger partial charge in [0.2, 0.25) is 11.8 Å². The summed E-state index contributed by atoms with van der Waals surface area (Å²) in [6.45, 7) is 4.55. The van der Waals surface area contributed by atoms with Crippen molar-refractivity contribution < 1.29 is 14.3 Å². The second kappa shape index (κ2) is 6.85. The summed E-state index contributed by atoms with van der Waals surface area (Å²) in [7, 11) is 1.56. The van der Waals surface area contributed by atoms with Gasteiger partial charge in [-0.25, -0.2) is 4.98 Å². The standard InChI is InChI=1S/C12H18N2O3/c1-4-17-9(2)12(15)14-8-10-5-6-11(16-3)13-7-10/h5-7,9H,4,8H2,1-3H3,(H,14,15)/t9-/m0/s1. The first-order valence-electron chi connectivity index (χ1n) is 5.55. The van der Waals surface area contributed by atoms with Crippen LogP contribution in [0.1, 0.15) is 19.4 Å². The van der Waals surface area contributed by atoms with Crippen molar-refractivity contribution in [3.05, 3.63) is 23.9 Å². The molecular weight excluding hydrogens is 220 g/mol. The molecule has 1 amide bonds. The van der Waals surface area contributed by atoms with E-state index < -0.39 is 6.10 Å². The monoisotopic (exact) mass is 238 g/mol. The van der Waals surface area contributed by atoms with E-state index in [1.54, 1.807) is 26.3 Å². The Kier molecular flexibility index (Phi) is 5.42. The third-order valence-corrected chi connectivity index (χ3v) is 2.26. The Morgan fingerprint density at radius 2 is 2.29 bits per heavy atom. The van der Waals surface area contributed by atoms with E-state index in [-0.39, 0.29) is 5.91 Å². The molecule has 1 rings (SSSR count). The van der Waals surface area contributed by atoms with Crippen LogP contribution in [0.15, 0.2) is 18.3 Å². The molecular formula is C12H18N2O3. The average Bonchev–Trinajstić information content (AvgIpc) is 2.36. The van der Waals surface area contributed by atoms with Crippen LogP contribution in [0.4, 0.5) is 0 Å². The van der Waals surface area contributed by atoms with Crippen LogP contribution in [0.5, 0.6) is 5.88 Å². The summed E-state index contributed by atoms with van der Waals surface area (Å²) >= 11 is 0. The molecule has 0 aliphatic heterocycles. The largest absolute Gasteiger partial charge is 0.481 e. The molecule has 5 nitrogen and oxygen atoms in total. The molecule has 1 aromatic heterocycles. The van der Waals surface area contributed by atoms with Crippen LogP contribution in [-0.2, 0) is 16.1 Å². The molecule has 0 saturated carbocycles. The molecule has 0 fully saturated rings. The Balaban J connectivity index is 2.41. The topological polar surface area (TPSA) is 60.5 Å². The van der Waals surface area contributed by atoms with Crippen molar-refractivity contribution in [1.29, 1.82) is 0 Å². The number of methoxy groups -OCH3 is 1. The maximum atomic E-state index is 11.5. The normalized spacial score (nSPS) is 11.9. The minimum Gasteiger partial charge on any atom is -0.481 e. The van der Waals surface area contributed by atoms with Crippen molar-refractivity contribution in [2.75, 3.05) is 13.7 Å². The van der Waals surface area contributed by atoms with Crippen molar-refractivity contribution in [1.82, 2.24) is 10.3 Å². The van der Waals surface area contributed by atoms with Gasteiger partial charge >= 0.3 is 0 Å². The molecule has 17 heavy (non-hydrogen) atoms. The van der Waals surface area contributed by atoms with Crippen LogP contribution in [-0.4, -0.2) is 30.7 Å². The molecule has 0 aliphatic carbocycles.